The van der Waals surface area contributed by atoms with Gasteiger partial charge in [-0.1, -0.05) is 0 Å². The van der Waals surface area contributed by atoms with Crippen molar-refractivity contribution in [2.75, 3.05) is 0 Å². The minimum absolute atomic E-state index is 0. The van der Waals surface area contributed by atoms with Gasteiger partial charge in [0, 0.05) is 0 Å². The maximum Gasteiger partial charge on any atom is 1.00 e. The fourth-order valence-corrected chi connectivity index (χ4v) is 1.01. The van der Waals surface area contributed by atoms with Crippen LogP contribution >= 0.6 is 0 Å². The van der Waals surface area contributed by atoms with Gasteiger partial charge in [-0.3, -0.25) is 0 Å². The molecular formula is C8H2F7LiN4. The molecule has 0 spiro atoms. The minimum atomic E-state index is -6.52. The third kappa shape index (κ3) is 2.60. The second-order valence-corrected chi connectivity index (χ2v) is 3.18. The summed E-state index contributed by atoms with van der Waals surface area (Å²) in [5, 5.41) is 16.7. The molecule has 0 radical (unpaired) electrons. The van der Waals surface area contributed by atoms with Gasteiger partial charge in [-0.15, -0.1) is 0 Å². The van der Waals surface area contributed by atoms with Crippen LogP contribution in [-0.4, -0.2) is 22.1 Å². The number of aromatic nitrogens is 2. The third-order valence-electron chi connectivity index (χ3n) is 1.97. The van der Waals surface area contributed by atoms with Crippen LogP contribution in [0.2, 0.25) is 0 Å². The van der Waals surface area contributed by atoms with E-state index in [1.807, 2.05) is 0 Å². The van der Waals surface area contributed by atoms with Gasteiger partial charge in [-0.05, 0) is 0 Å². The van der Waals surface area contributed by atoms with Gasteiger partial charge < -0.3 is 6.41 Å². The molecule has 1 rings (SSSR count). The SMILES string of the molecule is N#Cc1nc(C(F)(F)C(F)(F)C(F)(F)F)[nH]c1C#N.[H-].[Li+]. The molecule has 104 valence electrons. The maximum absolute atomic E-state index is 13.1. The van der Waals surface area contributed by atoms with Gasteiger partial charge in [0.25, 0.3) is 0 Å². The van der Waals surface area contributed by atoms with Crippen LogP contribution in [0.1, 0.15) is 18.6 Å². The molecule has 0 bridgehead atoms. The molecule has 1 aromatic rings. The number of imidazole rings is 1. The van der Waals surface area contributed by atoms with Gasteiger partial charge in [-0.25, -0.2) is 4.98 Å². The Morgan fingerprint density at radius 1 is 1.00 bits per heavy atom. The zero-order valence-electron chi connectivity index (χ0n) is 10.5. The minimum Gasteiger partial charge on any atom is -1.00 e. The molecule has 1 N–H and O–H groups in total. The zero-order valence-corrected chi connectivity index (χ0v) is 9.49. The normalized spacial score (nSPS) is 12.2. The van der Waals surface area contributed by atoms with Gasteiger partial charge in [0.05, 0.1) is 0 Å². The summed E-state index contributed by atoms with van der Waals surface area (Å²) in [6.07, 6.45) is -6.52. The Morgan fingerprint density at radius 2 is 1.50 bits per heavy atom. The first-order chi connectivity index (χ1) is 8.49. The molecular weight excluding hydrogens is 292 g/mol. The van der Waals surface area contributed by atoms with Crippen LogP contribution in [-0.2, 0) is 5.92 Å². The average molecular weight is 294 g/mol. The summed E-state index contributed by atoms with van der Waals surface area (Å²) in [7, 11) is 0. The Morgan fingerprint density at radius 3 is 1.80 bits per heavy atom. The molecule has 0 unspecified atom stereocenters. The molecule has 4 nitrogen and oxygen atoms in total. The summed E-state index contributed by atoms with van der Waals surface area (Å²) >= 11 is 0. The van der Waals surface area contributed by atoms with Crippen molar-refractivity contribution in [1.82, 2.24) is 9.97 Å². The summed E-state index contributed by atoms with van der Waals surface area (Å²) < 4.78 is 87.2. The first-order valence-electron chi connectivity index (χ1n) is 4.22. The summed E-state index contributed by atoms with van der Waals surface area (Å²) in [6, 6.07) is 2.23. The number of halogens is 7. The summed E-state index contributed by atoms with van der Waals surface area (Å²) in [5.41, 5.74) is -1.94. The van der Waals surface area contributed by atoms with Crippen molar-refractivity contribution in [2.24, 2.45) is 0 Å². The van der Waals surface area contributed by atoms with E-state index in [0.29, 0.717) is 0 Å². The number of nitrogens with zero attached hydrogens (tertiary/aromatic N) is 3. The predicted molar refractivity (Wildman–Crippen MR) is 44.0 cm³/mol. The Kier molecular flexibility index (Phi) is 4.90. The predicted octanol–water partition coefficient (Wildman–Crippen LogP) is -0.441. The largest absolute Gasteiger partial charge is 1.00 e. The van der Waals surface area contributed by atoms with Crippen molar-refractivity contribution < 1.29 is 51.0 Å². The monoisotopic (exact) mass is 294 g/mol. The zero-order chi connectivity index (χ0) is 15.1. The van der Waals surface area contributed by atoms with Crippen molar-refractivity contribution >= 4 is 0 Å². The van der Waals surface area contributed by atoms with Crippen molar-refractivity contribution in [1.29, 1.82) is 10.5 Å². The molecule has 0 aromatic carbocycles. The molecule has 0 aliphatic rings. The van der Waals surface area contributed by atoms with E-state index in [-0.39, 0.29) is 20.3 Å². The number of H-pyrrole nitrogens is 1. The average Bonchev–Trinajstić information content (AvgIpc) is 2.70. The Hall–Kier alpha value is -1.70. The van der Waals surface area contributed by atoms with Crippen molar-refractivity contribution in [3.05, 3.63) is 17.2 Å². The van der Waals surface area contributed by atoms with Crippen LogP contribution in [0.15, 0.2) is 0 Å². The van der Waals surface area contributed by atoms with E-state index in [0.717, 1.165) is 12.1 Å². The number of alkyl halides is 7. The van der Waals surface area contributed by atoms with Crippen molar-refractivity contribution in [3.63, 3.8) is 0 Å². The van der Waals surface area contributed by atoms with Crippen LogP contribution in [0.4, 0.5) is 30.7 Å². The second kappa shape index (κ2) is 5.35. The standard InChI is InChI=1S/C8HF7N4.Li.H/c9-6(10,7(11,12)8(13,14)15)5-18-3(1-16)4(2-17)19-5;;/h(H,18,19);;/q;+1;-1. The summed E-state index contributed by atoms with van der Waals surface area (Å²) in [4.78, 5) is 3.86. The third-order valence-corrected chi connectivity index (χ3v) is 1.97. The van der Waals surface area contributed by atoms with E-state index in [1.165, 1.54) is 4.98 Å². The van der Waals surface area contributed by atoms with Gasteiger partial charge in [0.1, 0.15) is 12.1 Å². The molecule has 0 saturated carbocycles. The summed E-state index contributed by atoms with van der Waals surface area (Å²) in [5.74, 6) is -14.3. The van der Waals surface area contributed by atoms with Crippen LogP contribution in [0.3, 0.4) is 0 Å². The summed E-state index contributed by atoms with van der Waals surface area (Å²) in [6.45, 7) is 0. The van der Waals surface area contributed by atoms with Crippen LogP contribution in [0.25, 0.3) is 0 Å². The molecule has 0 fully saturated rings. The van der Waals surface area contributed by atoms with Crippen LogP contribution in [0, 0.1) is 22.7 Å². The maximum atomic E-state index is 13.1. The topological polar surface area (TPSA) is 76.3 Å². The molecule has 0 aliphatic carbocycles. The number of aromatic amines is 1. The molecule has 0 atom stereocenters. The Balaban J connectivity index is 0. The Bertz CT molecular complexity index is 551. The van der Waals surface area contributed by atoms with E-state index in [4.69, 9.17) is 10.5 Å². The fourth-order valence-electron chi connectivity index (χ4n) is 1.01. The van der Waals surface area contributed by atoms with E-state index in [1.54, 1.807) is 0 Å². The smallest absolute Gasteiger partial charge is 1.00 e. The number of rotatable bonds is 2. The molecule has 1 heterocycles. The molecule has 0 amide bonds. The van der Waals surface area contributed by atoms with Gasteiger partial charge >= 0.3 is 36.9 Å². The van der Waals surface area contributed by atoms with E-state index >= 15 is 0 Å². The van der Waals surface area contributed by atoms with E-state index < -0.39 is 35.2 Å². The first kappa shape index (κ1) is 18.3. The number of hydrogen-bond donors (Lipinski definition) is 1. The molecule has 20 heavy (non-hydrogen) atoms. The fraction of sp³-hybridized carbons (Fsp3) is 0.375. The second-order valence-electron chi connectivity index (χ2n) is 3.18. The van der Waals surface area contributed by atoms with Gasteiger partial charge in [0.2, 0.25) is 0 Å². The number of nitrogens with one attached hydrogen (secondary N) is 1. The quantitative estimate of drug-likeness (QED) is 0.593. The van der Waals surface area contributed by atoms with Gasteiger partial charge in [0.15, 0.2) is 17.2 Å². The van der Waals surface area contributed by atoms with Crippen molar-refractivity contribution in [2.45, 2.75) is 18.0 Å². The first-order valence-corrected chi connectivity index (χ1v) is 4.22. The number of nitriles is 2. The number of hydrogen-bond acceptors (Lipinski definition) is 3. The van der Waals surface area contributed by atoms with E-state index in [2.05, 4.69) is 4.98 Å². The molecule has 1 aromatic heterocycles. The van der Waals surface area contributed by atoms with Gasteiger partial charge in [-0.2, -0.15) is 41.3 Å². The molecule has 12 heteroatoms. The van der Waals surface area contributed by atoms with Crippen LogP contribution < -0.4 is 18.9 Å². The van der Waals surface area contributed by atoms with E-state index in [9.17, 15) is 30.7 Å². The molecule has 0 aliphatic heterocycles. The van der Waals surface area contributed by atoms with Crippen LogP contribution in [0.5, 0.6) is 0 Å². The Labute approximate surface area is 119 Å². The van der Waals surface area contributed by atoms with Crippen molar-refractivity contribution in [3.8, 4) is 12.1 Å². The molecule has 0 saturated heterocycles.